The number of aromatic nitrogens is 3. The number of hydrogen-bond acceptors (Lipinski definition) is 8. The monoisotopic (exact) mass is 617 g/mol. The molecule has 2 aromatic heterocycles. The topological polar surface area (TPSA) is 90.7 Å². The van der Waals surface area contributed by atoms with Crippen LogP contribution in [0.5, 0.6) is 5.75 Å². The van der Waals surface area contributed by atoms with E-state index >= 15 is 0 Å². The Labute approximate surface area is 262 Å². The maximum Gasteiger partial charge on any atom is 0.163 e. The molecule has 1 aliphatic heterocycles. The Balaban J connectivity index is 1.12. The fourth-order valence-electron chi connectivity index (χ4n) is 6.61. The third-order valence-corrected chi connectivity index (χ3v) is 10.1. The Morgan fingerprint density at radius 1 is 1.02 bits per heavy atom. The zero-order valence-electron chi connectivity index (χ0n) is 26.0. The minimum Gasteiger partial charge on any atom is -0.497 e. The van der Waals surface area contributed by atoms with E-state index in [1.54, 1.807) is 13.4 Å². The maximum atomic E-state index is 13.2. The van der Waals surface area contributed by atoms with Gasteiger partial charge >= 0.3 is 0 Å². The summed E-state index contributed by atoms with van der Waals surface area (Å²) in [4.78, 5) is 11.5. The van der Waals surface area contributed by atoms with Crippen LogP contribution in [-0.2, 0) is 33.2 Å². The van der Waals surface area contributed by atoms with Crippen molar-refractivity contribution in [2.75, 3.05) is 43.7 Å². The average molecular weight is 618 g/mol. The third-order valence-electron chi connectivity index (χ3n) is 8.68. The minimum absolute atomic E-state index is 0.0277. The van der Waals surface area contributed by atoms with Crippen molar-refractivity contribution < 1.29 is 18.4 Å². The summed E-state index contributed by atoms with van der Waals surface area (Å²) in [5.74, 6) is 2.39. The van der Waals surface area contributed by atoms with Crippen LogP contribution in [0.15, 0.2) is 73.2 Å². The molecule has 4 aromatic rings. The lowest BCUT2D eigenvalue weighted by Crippen LogP contribution is -2.30. The number of rotatable bonds is 13. The molecule has 1 aliphatic carbocycles. The van der Waals surface area contributed by atoms with Crippen molar-refractivity contribution in [3.05, 3.63) is 84.3 Å². The molecule has 5 atom stereocenters. The molecule has 2 aromatic carbocycles. The zero-order chi connectivity index (χ0) is 30.7. The molecule has 1 unspecified atom stereocenters. The number of nitrogens with one attached hydrogen (secondary N) is 1. The fraction of sp³-hybridized carbons (Fsp3) is 0.471. The first-order valence-corrected chi connectivity index (χ1v) is 16.9. The van der Waals surface area contributed by atoms with Crippen molar-refractivity contribution in [3.63, 3.8) is 0 Å². The highest BCUT2D eigenvalue weighted by Gasteiger charge is 2.54. The zero-order valence-corrected chi connectivity index (χ0v) is 26.8. The summed E-state index contributed by atoms with van der Waals surface area (Å²) >= 11 is 0. The Morgan fingerprint density at radius 2 is 1.80 bits per heavy atom. The number of methoxy groups -OCH3 is 1. The van der Waals surface area contributed by atoms with Gasteiger partial charge in [0.1, 0.15) is 29.6 Å². The quantitative estimate of drug-likeness (QED) is 0.215. The van der Waals surface area contributed by atoms with Crippen LogP contribution in [-0.4, -0.2) is 75.5 Å². The van der Waals surface area contributed by atoms with Crippen molar-refractivity contribution in [3.8, 4) is 5.75 Å². The second-order valence-corrected chi connectivity index (χ2v) is 13.9. The van der Waals surface area contributed by atoms with Crippen LogP contribution < -0.4 is 15.0 Å². The minimum atomic E-state index is -0.960. The van der Waals surface area contributed by atoms with E-state index in [0.29, 0.717) is 18.1 Å². The predicted octanol–water partition coefficient (Wildman–Crippen LogP) is 4.74. The molecule has 0 bridgehead atoms. The molecular formula is C34H43N5O4S. The van der Waals surface area contributed by atoms with Crippen molar-refractivity contribution in [1.82, 2.24) is 19.9 Å². The van der Waals surface area contributed by atoms with Crippen LogP contribution in [0.2, 0.25) is 0 Å². The molecule has 9 nitrogen and oxygen atoms in total. The van der Waals surface area contributed by atoms with Crippen molar-refractivity contribution in [2.24, 2.45) is 5.92 Å². The maximum absolute atomic E-state index is 13.2. The Kier molecular flexibility index (Phi) is 9.32. The molecule has 0 radical (unpaired) electrons. The van der Waals surface area contributed by atoms with Gasteiger partial charge in [0.05, 0.1) is 24.6 Å². The van der Waals surface area contributed by atoms with E-state index in [2.05, 4.69) is 68.4 Å². The summed E-state index contributed by atoms with van der Waals surface area (Å²) in [5, 5.41) is 4.45. The van der Waals surface area contributed by atoms with Gasteiger partial charge in [0.25, 0.3) is 0 Å². The fourth-order valence-corrected chi connectivity index (χ4v) is 7.95. The molecule has 0 amide bonds. The summed E-state index contributed by atoms with van der Waals surface area (Å²) in [7, 11) is 2.76. The Morgan fingerprint density at radius 3 is 2.57 bits per heavy atom. The summed E-state index contributed by atoms with van der Waals surface area (Å²) in [6, 6.07) is 20.7. The normalized spacial score (nSPS) is 23.1. The molecule has 1 saturated heterocycles. The van der Waals surface area contributed by atoms with Gasteiger partial charge in [-0.25, -0.2) is 9.97 Å². The molecule has 44 heavy (non-hydrogen) atoms. The summed E-state index contributed by atoms with van der Waals surface area (Å²) in [6.07, 6.45) is 5.27. The molecule has 1 N–H and O–H groups in total. The van der Waals surface area contributed by atoms with E-state index in [1.807, 2.05) is 39.1 Å². The number of ether oxygens (including phenoxy) is 3. The Bertz CT molecular complexity index is 1560. The standard InChI is InChI=1S/C34H43N5O4S/c1-34(2)42-30-26(22-44(40)19-17-35-16-14-24-8-6-5-7-9-24)20-29(31(30)43-34)39-18-15-28-32(36-23-37-33(28)39)38(3)21-25-10-12-27(41-4)13-11-25/h5-13,15,18,23,26,29-31,35H,14,16-17,19-22H2,1-4H3/t26-,29-,30-,31+,44?/m1/s1. The smallest absolute Gasteiger partial charge is 0.163 e. The third kappa shape index (κ3) is 6.83. The molecule has 2 fully saturated rings. The molecule has 2 aliphatic rings. The lowest BCUT2D eigenvalue weighted by atomic mass is 10.1. The summed E-state index contributed by atoms with van der Waals surface area (Å²) < 4.78 is 33.7. The van der Waals surface area contributed by atoms with Gasteiger partial charge in [-0.3, -0.25) is 4.21 Å². The van der Waals surface area contributed by atoms with Crippen molar-refractivity contribution >= 4 is 27.7 Å². The first-order valence-electron chi connectivity index (χ1n) is 15.4. The van der Waals surface area contributed by atoms with Gasteiger partial charge in [0, 0.05) is 54.6 Å². The predicted molar refractivity (Wildman–Crippen MR) is 174 cm³/mol. The first kappa shape index (κ1) is 30.7. The highest BCUT2D eigenvalue weighted by Crippen LogP contribution is 2.48. The van der Waals surface area contributed by atoms with E-state index < -0.39 is 16.6 Å². The van der Waals surface area contributed by atoms with Gasteiger partial charge < -0.3 is 29.0 Å². The second kappa shape index (κ2) is 13.4. The highest BCUT2D eigenvalue weighted by atomic mass is 32.2. The van der Waals surface area contributed by atoms with Crippen LogP contribution in [0.4, 0.5) is 5.82 Å². The average Bonchev–Trinajstić information content (AvgIpc) is 3.68. The van der Waals surface area contributed by atoms with Gasteiger partial charge in [-0.15, -0.1) is 0 Å². The molecule has 234 valence electrons. The molecule has 0 spiro atoms. The molecule has 6 rings (SSSR count). The molecule has 1 saturated carbocycles. The van der Waals surface area contributed by atoms with E-state index in [-0.39, 0.29) is 24.2 Å². The van der Waals surface area contributed by atoms with E-state index in [0.717, 1.165) is 48.5 Å². The SMILES string of the molecule is COc1ccc(CN(C)c2ncnc3c2ccn3[C@@H]2C[C@H](CS(=O)CCNCCc3ccccc3)[C@H]3OC(C)(C)O[C@H]32)cc1. The van der Waals surface area contributed by atoms with E-state index in [4.69, 9.17) is 19.2 Å². The van der Waals surface area contributed by atoms with Gasteiger partial charge in [0.2, 0.25) is 0 Å². The number of anilines is 1. The number of fused-ring (bicyclic) bond motifs is 2. The summed E-state index contributed by atoms with van der Waals surface area (Å²) in [5.41, 5.74) is 3.35. The second-order valence-electron chi connectivity index (χ2n) is 12.3. The lowest BCUT2D eigenvalue weighted by molar-refractivity contribution is -0.159. The Hall–Kier alpha value is -3.31. The number of benzene rings is 2. The first-order chi connectivity index (χ1) is 21.3. The van der Waals surface area contributed by atoms with Crippen LogP contribution in [0.3, 0.4) is 0 Å². The molecule has 3 heterocycles. The van der Waals surface area contributed by atoms with Gasteiger partial charge in [-0.2, -0.15) is 0 Å². The van der Waals surface area contributed by atoms with Crippen LogP contribution in [0.1, 0.15) is 37.4 Å². The molecule has 10 heteroatoms. The van der Waals surface area contributed by atoms with Crippen LogP contribution >= 0.6 is 0 Å². The number of nitrogens with zero attached hydrogens (tertiary/aromatic N) is 4. The molecular weight excluding hydrogens is 574 g/mol. The van der Waals surface area contributed by atoms with Crippen molar-refractivity contribution in [1.29, 1.82) is 0 Å². The van der Waals surface area contributed by atoms with E-state index in [1.165, 1.54) is 11.1 Å². The largest absolute Gasteiger partial charge is 0.497 e. The van der Waals surface area contributed by atoms with E-state index in [9.17, 15) is 4.21 Å². The van der Waals surface area contributed by atoms with Gasteiger partial charge in [-0.1, -0.05) is 42.5 Å². The van der Waals surface area contributed by atoms with Gasteiger partial charge in [-0.05, 0) is 62.6 Å². The van der Waals surface area contributed by atoms with Crippen molar-refractivity contribution in [2.45, 2.75) is 57.3 Å². The van der Waals surface area contributed by atoms with Crippen LogP contribution in [0.25, 0.3) is 11.0 Å². The number of hydrogen-bond donors (Lipinski definition) is 1. The lowest BCUT2D eigenvalue weighted by Gasteiger charge is -2.24. The van der Waals surface area contributed by atoms with Crippen LogP contribution in [0, 0.1) is 5.92 Å². The highest BCUT2D eigenvalue weighted by molar-refractivity contribution is 7.85. The van der Waals surface area contributed by atoms with Gasteiger partial charge in [0.15, 0.2) is 5.79 Å². The summed E-state index contributed by atoms with van der Waals surface area (Å²) in [6.45, 7) is 6.25.